The Morgan fingerprint density at radius 1 is 1.13 bits per heavy atom. The Labute approximate surface area is 176 Å². The summed E-state index contributed by atoms with van der Waals surface area (Å²) in [5.41, 5.74) is 3.88. The lowest BCUT2D eigenvalue weighted by Gasteiger charge is -2.36. The number of H-pyrrole nitrogens is 2. The zero-order chi connectivity index (χ0) is 20.8. The molecule has 31 heavy (non-hydrogen) atoms. The number of carbonyl (C=O) groups excluding carboxylic acids is 1. The standard InChI is InChI=1S/C22H19N5O4/c28-22(16-10-23-21-15(16)2-3-17(26-21)14-8-24-25-9-14)27-5-6-29-11-18(27)13-1-4-19-20(7-13)31-12-30-19/h1-4,7-10,18H,5-6,11-12H2,(H,23,26)(H,24,25)/t18-/m1/s1. The molecule has 1 aromatic carbocycles. The molecule has 2 aliphatic rings. The zero-order valence-corrected chi connectivity index (χ0v) is 16.5. The molecule has 1 atom stereocenters. The fraction of sp³-hybridized carbons (Fsp3) is 0.227. The van der Waals surface area contributed by atoms with Crippen molar-refractivity contribution in [3.63, 3.8) is 0 Å². The van der Waals surface area contributed by atoms with Gasteiger partial charge < -0.3 is 24.1 Å². The van der Waals surface area contributed by atoms with Crippen LogP contribution in [0.2, 0.25) is 0 Å². The first kappa shape index (κ1) is 18.0. The molecule has 0 bridgehead atoms. The van der Waals surface area contributed by atoms with Gasteiger partial charge in [-0.3, -0.25) is 9.89 Å². The number of aromatic amines is 2. The van der Waals surface area contributed by atoms with Crippen molar-refractivity contribution in [2.45, 2.75) is 6.04 Å². The molecule has 0 aliphatic carbocycles. The Kier molecular flexibility index (Phi) is 4.13. The maximum atomic E-state index is 13.6. The third kappa shape index (κ3) is 3.01. The Bertz CT molecular complexity index is 1270. The van der Waals surface area contributed by atoms with Crippen LogP contribution in [0, 0.1) is 0 Å². The number of amides is 1. The van der Waals surface area contributed by atoms with E-state index in [9.17, 15) is 4.79 Å². The van der Waals surface area contributed by atoms with Crippen molar-refractivity contribution in [1.29, 1.82) is 0 Å². The summed E-state index contributed by atoms with van der Waals surface area (Å²) in [6.45, 7) is 1.64. The Hall–Kier alpha value is -3.85. The van der Waals surface area contributed by atoms with Gasteiger partial charge in [0.15, 0.2) is 11.5 Å². The van der Waals surface area contributed by atoms with Crippen LogP contribution in [0.15, 0.2) is 48.9 Å². The summed E-state index contributed by atoms with van der Waals surface area (Å²) >= 11 is 0. The van der Waals surface area contributed by atoms with Gasteiger partial charge in [-0.15, -0.1) is 0 Å². The average molecular weight is 417 g/mol. The largest absolute Gasteiger partial charge is 0.454 e. The van der Waals surface area contributed by atoms with Crippen molar-refractivity contribution in [3.8, 4) is 22.8 Å². The highest BCUT2D eigenvalue weighted by Crippen LogP contribution is 2.37. The minimum atomic E-state index is -0.209. The van der Waals surface area contributed by atoms with Crippen molar-refractivity contribution in [3.05, 3.63) is 60.0 Å². The number of nitrogens with one attached hydrogen (secondary N) is 2. The van der Waals surface area contributed by atoms with Crippen molar-refractivity contribution >= 4 is 16.9 Å². The van der Waals surface area contributed by atoms with Gasteiger partial charge in [0.2, 0.25) is 6.79 Å². The molecule has 1 amide bonds. The number of benzene rings is 1. The van der Waals surface area contributed by atoms with E-state index >= 15 is 0 Å². The fourth-order valence-corrected chi connectivity index (χ4v) is 4.13. The molecule has 0 saturated carbocycles. The van der Waals surface area contributed by atoms with Gasteiger partial charge in [0, 0.05) is 29.9 Å². The van der Waals surface area contributed by atoms with Crippen LogP contribution in [0.25, 0.3) is 22.3 Å². The lowest BCUT2D eigenvalue weighted by atomic mass is 10.0. The summed E-state index contributed by atoms with van der Waals surface area (Å²) in [5, 5.41) is 7.54. The van der Waals surface area contributed by atoms with Crippen molar-refractivity contribution in [1.82, 2.24) is 25.1 Å². The number of carbonyl (C=O) groups is 1. The van der Waals surface area contributed by atoms with E-state index in [1.54, 1.807) is 18.6 Å². The molecule has 9 heteroatoms. The minimum Gasteiger partial charge on any atom is -0.454 e. The number of nitrogens with zero attached hydrogens (tertiary/aromatic N) is 3. The Morgan fingerprint density at radius 2 is 2.06 bits per heavy atom. The monoisotopic (exact) mass is 417 g/mol. The third-order valence-electron chi connectivity index (χ3n) is 5.73. The predicted octanol–water partition coefficient (Wildman–Crippen LogP) is 2.90. The van der Waals surface area contributed by atoms with E-state index in [4.69, 9.17) is 14.2 Å². The number of pyridine rings is 1. The molecule has 1 fully saturated rings. The summed E-state index contributed by atoms with van der Waals surface area (Å²) in [6, 6.07) is 9.37. The highest BCUT2D eigenvalue weighted by molar-refractivity contribution is 6.06. The number of rotatable bonds is 3. The fourth-order valence-electron chi connectivity index (χ4n) is 4.13. The highest BCUT2D eigenvalue weighted by atomic mass is 16.7. The Balaban J connectivity index is 1.33. The van der Waals surface area contributed by atoms with Crippen LogP contribution < -0.4 is 9.47 Å². The van der Waals surface area contributed by atoms with E-state index in [0.29, 0.717) is 36.7 Å². The summed E-state index contributed by atoms with van der Waals surface area (Å²) in [4.78, 5) is 23.2. The number of hydrogen-bond donors (Lipinski definition) is 2. The van der Waals surface area contributed by atoms with E-state index in [-0.39, 0.29) is 18.7 Å². The van der Waals surface area contributed by atoms with Crippen LogP contribution in [0.5, 0.6) is 11.5 Å². The Morgan fingerprint density at radius 3 is 2.97 bits per heavy atom. The summed E-state index contributed by atoms with van der Waals surface area (Å²) in [7, 11) is 0. The molecular weight excluding hydrogens is 398 g/mol. The van der Waals surface area contributed by atoms with E-state index in [1.165, 1.54) is 0 Å². The normalized spacial score (nSPS) is 17.9. The molecule has 2 N–H and O–H groups in total. The number of morpholine rings is 1. The molecule has 0 radical (unpaired) electrons. The molecule has 156 valence electrons. The highest BCUT2D eigenvalue weighted by Gasteiger charge is 2.31. The van der Waals surface area contributed by atoms with Crippen LogP contribution in [0.1, 0.15) is 22.0 Å². The van der Waals surface area contributed by atoms with Gasteiger partial charge in [-0.2, -0.15) is 5.10 Å². The molecule has 5 heterocycles. The maximum absolute atomic E-state index is 13.6. The summed E-state index contributed by atoms with van der Waals surface area (Å²) in [6.07, 6.45) is 5.23. The van der Waals surface area contributed by atoms with Crippen LogP contribution in [0.3, 0.4) is 0 Å². The average Bonchev–Trinajstić information content (AvgIpc) is 3.58. The van der Waals surface area contributed by atoms with Crippen molar-refractivity contribution < 1.29 is 19.0 Å². The minimum absolute atomic E-state index is 0.0601. The lowest BCUT2D eigenvalue weighted by molar-refractivity contribution is -0.00263. The van der Waals surface area contributed by atoms with Crippen molar-refractivity contribution in [2.24, 2.45) is 0 Å². The van der Waals surface area contributed by atoms with Gasteiger partial charge in [0.05, 0.1) is 36.7 Å². The molecule has 2 aliphatic heterocycles. The topological polar surface area (TPSA) is 105 Å². The van der Waals surface area contributed by atoms with E-state index < -0.39 is 0 Å². The molecule has 0 spiro atoms. The smallest absolute Gasteiger partial charge is 0.256 e. The first-order valence-corrected chi connectivity index (χ1v) is 10.0. The van der Waals surface area contributed by atoms with E-state index in [2.05, 4.69) is 20.2 Å². The van der Waals surface area contributed by atoms with E-state index in [1.807, 2.05) is 35.2 Å². The molecule has 1 saturated heterocycles. The molecule has 4 aromatic rings. The van der Waals surface area contributed by atoms with Crippen molar-refractivity contribution in [2.75, 3.05) is 26.6 Å². The quantitative estimate of drug-likeness (QED) is 0.531. The first-order chi connectivity index (χ1) is 15.3. The van der Waals surface area contributed by atoms with Gasteiger partial charge in [0.25, 0.3) is 5.91 Å². The zero-order valence-electron chi connectivity index (χ0n) is 16.5. The second-order valence-corrected chi connectivity index (χ2v) is 7.48. The second kappa shape index (κ2) is 7.13. The SMILES string of the molecule is O=C(c1c[nH]c2nc(-c3cn[nH]c3)ccc12)N1CCOC[C@@H]1c1ccc2c(c1)OCO2. The number of fused-ring (bicyclic) bond motifs is 2. The summed E-state index contributed by atoms with van der Waals surface area (Å²) < 4.78 is 16.6. The van der Waals surface area contributed by atoms with Gasteiger partial charge in [-0.1, -0.05) is 6.07 Å². The van der Waals surface area contributed by atoms with Gasteiger partial charge >= 0.3 is 0 Å². The van der Waals surface area contributed by atoms with Crippen LogP contribution in [-0.2, 0) is 4.74 Å². The second-order valence-electron chi connectivity index (χ2n) is 7.48. The number of hydrogen-bond acceptors (Lipinski definition) is 6. The van der Waals surface area contributed by atoms with Gasteiger partial charge in [-0.05, 0) is 29.8 Å². The summed E-state index contributed by atoms with van der Waals surface area (Å²) in [5.74, 6) is 1.35. The lowest BCUT2D eigenvalue weighted by Crippen LogP contribution is -2.43. The van der Waals surface area contributed by atoms with Crippen LogP contribution >= 0.6 is 0 Å². The maximum Gasteiger partial charge on any atom is 0.256 e. The van der Waals surface area contributed by atoms with Gasteiger partial charge in [-0.25, -0.2) is 4.98 Å². The molecule has 3 aromatic heterocycles. The van der Waals surface area contributed by atoms with Crippen LogP contribution in [0.4, 0.5) is 0 Å². The van der Waals surface area contributed by atoms with E-state index in [0.717, 1.165) is 28.0 Å². The molecule has 9 nitrogen and oxygen atoms in total. The molecule has 6 rings (SSSR count). The number of aromatic nitrogens is 4. The molecule has 0 unspecified atom stereocenters. The van der Waals surface area contributed by atoms with Crippen LogP contribution in [-0.4, -0.2) is 57.5 Å². The predicted molar refractivity (Wildman–Crippen MR) is 111 cm³/mol. The van der Waals surface area contributed by atoms with Gasteiger partial charge in [0.1, 0.15) is 5.65 Å². The molecular formula is C22H19N5O4. The first-order valence-electron chi connectivity index (χ1n) is 10.0. The number of ether oxygens (including phenoxy) is 3. The third-order valence-corrected chi connectivity index (χ3v) is 5.73.